The summed E-state index contributed by atoms with van der Waals surface area (Å²) in [5.41, 5.74) is 11.0. The van der Waals surface area contributed by atoms with E-state index >= 15 is 0 Å². The first-order valence-electron chi connectivity index (χ1n) is 37.4. The van der Waals surface area contributed by atoms with Gasteiger partial charge in [-0.1, -0.05) is 146 Å². The van der Waals surface area contributed by atoms with Crippen LogP contribution >= 0.6 is 0 Å². The van der Waals surface area contributed by atoms with E-state index in [1.807, 2.05) is 96.1 Å². The van der Waals surface area contributed by atoms with E-state index in [9.17, 15) is 72.9 Å². The highest BCUT2D eigenvalue weighted by Gasteiger charge is 2.41. The standard InChI is InChI=1S/C47H77N5O7.C26H30N4O6.C5H11NO.C3H6O/c1-9-38(30-36-25-22-26-36)44(58)51-47(8,35(6)55)28-21-16-14-12-10-11-13-15-20-27-46(7,34(5)54)50-39(29-32(2)3)42(56)43(57)41(33(4)53)49-45(59)40(52-48)31-37-23-18-17-19-24-37;1-15(31)22(13-17-14-28-20-5-3-2-4-19(17)20)29-21(10-11-24(33)34)25(35)26(36)23(30-27)12-16-6-8-18(32)9-7-16;1-3-4(2)5(6)7;1-3(2)4/h12,14,17-19,23-24,32-33,36,38-41,50,52-53H,9-11,13,15-16,20-22,25-31,48H2,1-8H3,(H,49,59)(H,51,58);2-9,14,21-23,28-30,32H,10-13,27H2,1H3,(H,33,34);4H,3H2,1-2H3,(H2,6,7);1-2H3/b14-12+;;;/t33-,38+,39+,40+,41+,46-,47+;21-,22-,23-;4-;/m100./s1. The van der Waals surface area contributed by atoms with Crippen molar-refractivity contribution in [3.8, 4) is 5.75 Å². The Morgan fingerprint density at radius 2 is 1.16 bits per heavy atom. The number of phenols is 1. The molecule has 588 valence electrons. The number of aliphatic carboxylic acids is 1. The molecule has 4 aromatic rings. The van der Waals surface area contributed by atoms with Crippen LogP contribution in [0.1, 0.15) is 222 Å². The molecule has 106 heavy (non-hydrogen) atoms. The van der Waals surface area contributed by atoms with E-state index in [1.54, 1.807) is 32.2 Å². The van der Waals surface area contributed by atoms with Crippen LogP contribution < -0.4 is 49.5 Å². The molecule has 3 amide bonds. The Morgan fingerprint density at radius 3 is 1.67 bits per heavy atom. The Hall–Kier alpha value is -8.30. The monoisotopic (exact) mass is 1480 g/mol. The number of ketones is 8. The van der Waals surface area contributed by atoms with Gasteiger partial charge in [0.25, 0.3) is 0 Å². The van der Waals surface area contributed by atoms with Gasteiger partial charge in [0.05, 0.1) is 41.3 Å². The number of hydrogen-bond acceptors (Lipinski definition) is 20. The molecule has 1 aliphatic carbocycles. The SMILES string of the molecule is CC(=O)[C@H](Cc1c[nH]c2ccccc12)N[C@@H](CCC(=O)O)C(=O)C(=O)[C@H](Cc1ccc(O)cc1)NN.CC(C)=O.CC[C@@H](CC1CCC1)C(=O)N[C@@](C)(CCC/C=C/CCCCCC[C@@](C)(N[C@@H](CC(C)C)C(=O)C(=O)[C@@H](NC(=O)[C@H](Cc1ccccc1)NN)[C@@H](C)O)C(C)=O)C(C)=O.CC[C@H](C)C(N)=O. The van der Waals surface area contributed by atoms with Crippen LogP contribution in [0, 0.1) is 23.7 Å². The Labute approximate surface area is 627 Å². The lowest BCUT2D eigenvalue weighted by molar-refractivity contribution is -0.142. The summed E-state index contributed by atoms with van der Waals surface area (Å²) >= 11 is 0. The van der Waals surface area contributed by atoms with Crippen LogP contribution in [0.2, 0.25) is 0 Å². The van der Waals surface area contributed by atoms with Gasteiger partial charge < -0.3 is 41.5 Å². The second kappa shape index (κ2) is 48.8. The number of phenolic OH excluding ortho intramolecular Hbond substituents is 1. The van der Waals surface area contributed by atoms with Gasteiger partial charge in [-0.05, 0) is 192 Å². The van der Waals surface area contributed by atoms with Gasteiger partial charge in [-0.2, -0.15) is 0 Å². The average Bonchev–Trinajstić information content (AvgIpc) is 1.16. The van der Waals surface area contributed by atoms with Crippen molar-refractivity contribution in [2.24, 2.45) is 41.1 Å². The third-order valence-corrected chi connectivity index (χ3v) is 19.5. The van der Waals surface area contributed by atoms with Gasteiger partial charge in [0.2, 0.25) is 40.9 Å². The average molecular weight is 1480 g/mol. The summed E-state index contributed by atoms with van der Waals surface area (Å²) in [6.07, 6.45) is 18.4. The van der Waals surface area contributed by atoms with Crippen molar-refractivity contribution in [3.05, 3.63) is 114 Å². The van der Waals surface area contributed by atoms with E-state index in [1.165, 1.54) is 66.0 Å². The number of hydrazine groups is 2. The van der Waals surface area contributed by atoms with Crippen LogP contribution in [0.3, 0.4) is 0 Å². The number of H-pyrrole nitrogens is 1. The first kappa shape index (κ1) is 93.8. The molecule has 0 saturated heterocycles. The number of carbonyl (C=O) groups excluding carboxylic acids is 11. The third kappa shape index (κ3) is 34.1. The number of para-hydroxylation sites is 1. The molecule has 11 atom stereocenters. The zero-order valence-corrected chi connectivity index (χ0v) is 64.9. The van der Waals surface area contributed by atoms with Crippen molar-refractivity contribution >= 4 is 80.9 Å². The van der Waals surface area contributed by atoms with Crippen molar-refractivity contribution in [2.45, 2.75) is 278 Å². The number of allylic oxidation sites excluding steroid dienone is 2. The second-order valence-electron chi connectivity index (χ2n) is 29.2. The number of nitrogens with one attached hydrogen (secondary N) is 7. The highest BCUT2D eigenvalue weighted by Crippen LogP contribution is 2.34. The number of carboxylic acid groups (broad SMARTS) is 1. The van der Waals surface area contributed by atoms with Crippen molar-refractivity contribution in [2.75, 3.05) is 0 Å². The molecular formula is C81H124N10O15. The summed E-state index contributed by atoms with van der Waals surface area (Å²) in [6.45, 7) is 22.1. The summed E-state index contributed by atoms with van der Waals surface area (Å²) in [7, 11) is 0. The number of benzene rings is 3. The molecule has 1 aromatic heterocycles. The number of aromatic amines is 1. The highest BCUT2D eigenvalue weighted by atomic mass is 16.4. The zero-order chi connectivity index (χ0) is 79.9. The lowest BCUT2D eigenvalue weighted by atomic mass is 9.78. The molecule has 1 aliphatic rings. The predicted octanol–water partition coefficient (Wildman–Crippen LogP) is 8.69. The Balaban J connectivity index is 0.000000681. The number of rotatable bonds is 47. The first-order chi connectivity index (χ1) is 50.0. The molecule has 0 bridgehead atoms. The lowest BCUT2D eigenvalue weighted by Gasteiger charge is -2.34. The number of fused-ring (bicyclic) bond motifs is 1. The number of aromatic hydroxyl groups is 1. The van der Waals surface area contributed by atoms with Crippen molar-refractivity contribution < 1.29 is 72.9 Å². The number of carboxylic acids is 1. The van der Waals surface area contributed by atoms with E-state index in [2.05, 4.69) is 49.3 Å². The molecule has 1 heterocycles. The van der Waals surface area contributed by atoms with Crippen LogP contribution in [0.4, 0.5) is 0 Å². The number of hydrogen-bond donors (Lipinski definition) is 13. The van der Waals surface area contributed by atoms with Gasteiger partial charge >= 0.3 is 5.97 Å². The van der Waals surface area contributed by atoms with Gasteiger partial charge in [0.1, 0.15) is 35.2 Å². The fraction of sp³-hybridized carbons (Fsp3) is 0.580. The van der Waals surface area contributed by atoms with E-state index in [0.717, 1.165) is 86.2 Å². The van der Waals surface area contributed by atoms with Crippen molar-refractivity contribution in [1.82, 2.24) is 37.1 Å². The van der Waals surface area contributed by atoms with Crippen molar-refractivity contribution in [3.63, 3.8) is 0 Å². The van der Waals surface area contributed by atoms with E-state index in [-0.39, 0.29) is 97.0 Å². The number of aromatic nitrogens is 1. The van der Waals surface area contributed by atoms with E-state index < -0.39 is 88.4 Å². The number of primary amides is 1. The molecule has 3 aromatic carbocycles. The number of unbranched alkanes of at least 4 members (excludes halogenated alkanes) is 5. The smallest absolute Gasteiger partial charge is 0.303 e. The Bertz CT molecular complexity index is 3480. The largest absolute Gasteiger partial charge is 0.508 e. The van der Waals surface area contributed by atoms with Gasteiger partial charge in [0, 0.05) is 35.4 Å². The van der Waals surface area contributed by atoms with Crippen LogP contribution in [0.25, 0.3) is 10.9 Å². The minimum absolute atomic E-state index is 0.00382. The molecule has 25 nitrogen and oxygen atoms in total. The van der Waals surface area contributed by atoms with Crippen LogP contribution in [0.5, 0.6) is 5.75 Å². The number of nitrogens with two attached hydrogens (primary N) is 3. The van der Waals surface area contributed by atoms with E-state index in [0.29, 0.717) is 24.3 Å². The number of Topliss-reactive ketones (excluding diaryl/α,β-unsaturated/α-hetero) is 8. The number of aliphatic hydroxyl groups excluding tert-OH is 1. The molecular weight excluding hydrogens is 1350 g/mol. The summed E-state index contributed by atoms with van der Waals surface area (Å²) in [5, 5.41) is 41.9. The fourth-order valence-corrected chi connectivity index (χ4v) is 12.0. The molecule has 0 spiro atoms. The molecule has 16 N–H and O–H groups in total. The molecule has 25 heteroatoms. The maximum absolute atomic E-state index is 13.8. The lowest BCUT2D eigenvalue weighted by Crippen LogP contribution is -2.61. The summed E-state index contributed by atoms with van der Waals surface area (Å²) < 4.78 is 0. The molecule has 0 unspecified atom stereocenters. The Morgan fingerprint density at radius 1 is 0.623 bits per heavy atom. The van der Waals surface area contributed by atoms with Crippen LogP contribution in [-0.4, -0.2) is 144 Å². The second-order valence-corrected chi connectivity index (χ2v) is 29.2. The molecule has 0 aliphatic heterocycles. The summed E-state index contributed by atoms with van der Waals surface area (Å²) in [6, 6.07) is 16.4. The summed E-state index contributed by atoms with van der Waals surface area (Å²) in [5.74, 6) is 6.29. The topological polar surface area (TPSA) is 432 Å². The fourth-order valence-electron chi connectivity index (χ4n) is 12.0. The highest BCUT2D eigenvalue weighted by molar-refractivity contribution is 6.42. The van der Waals surface area contributed by atoms with Crippen LogP contribution in [0.15, 0.2) is 97.2 Å². The minimum Gasteiger partial charge on any atom is -0.508 e. The first-order valence-corrected chi connectivity index (χ1v) is 37.4. The van der Waals surface area contributed by atoms with Gasteiger partial charge in [-0.3, -0.25) is 75.1 Å². The zero-order valence-electron chi connectivity index (χ0n) is 64.9. The van der Waals surface area contributed by atoms with Gasteiger partial charge in [0.15, 0.2) is 5.78 Å². The van der Waals surface area contributed by atoms with Crippen LogP contribution in [-0.2, 0) is 76.8 Å². The quantitative estimate of drug-likeness (QED) is 0.00646. The minimum atomic E-state index is -1.50. The third-order valence-electron chi connectivity index (χ3n) is 19.5. The number of carbonyl (C=O) groups is 12. The van der Waals surface area contributed by atoms with Gasteiger partial charge in [-0.15, -0.1) is 0 Å². The predicted molar refractivity (Wildman–Crippen MR) is 412 cm³/mol. The molecule has 5 rings (SSSR count). The summed E-state index contributed by atoms with van der Waals surface area (Å²) in [4.78, 5) is 152. The molecule has 0 radical (unpaired) electrons. The maximum atomic E-state index is 13.8. The molecule has 1 fully saturated rings. The van der Waals surface area contributed by atoms with Crippen molar-refractivity contribution in [1.29, 1.82) is 0 Å². The maximum Gasteiger partial charge on any atom is 0.303 e. The van der Waals surface area contributed by atoms with E-state index in [4.69, 9.17) is 17.4 Å². The Kier molecular flexibility index (Phi) is 43.2. The normalized spacial score (nSPS) is 15.7. The molecule has 1 saturated carbocycles. The number of amides is 3. The van der Waals surface area contributed by atoms with Gasteiger partial charge in [-0.25, -0.2) is 10.9 Å². The number of aliphatic hydroxyl groups is 1.